The molecule has 3 atom stereocenters. The molecule has 0 rings (SSSR count). The molecule has 0 saturated carbocycles. The summed E-state index contributed by atoms with van der Waals surface area (Å²) in [6.45, 7) is 7.35. The van der Waals surface area contributed by atoms with E-state index >= 15 is 0 Å². The first-order valence-electron chi connectivity index (χ1n) is 6.83. The Morgan fingerprint density at radius 2 is 1.43 bits per heavy atom. The van der Waals surface area contributed by atoms with Gasteiger partial charge in [-0.25, -0.2) is 0 Å². The SMILES string of the molecule is C.CCC(C)C(=O)NC(O)C=O.CCC(C)C(N)=O.O=CC=O. The largest absolute Gasteiger partial charge is 0.369 e. The van der Waals surface area contributed by atoms with E-state index in [-0.39, 0.29) is 49.9 Å². The minimum Gasteiger partial charge on any atom is -0.369 e. The summed E-state index contributed by atoms with van der Waals surface area (Å²) in [6, 6.07) is 0. The lowest BCUT2D eigenvalue weighted by Gasteiger charge is -2.10. The van der Waals surface area contributed by atoms with Crippen LogP contribution in [0.4, 0.5) is 0 Å². The van der Waals surface area contributed by atoms with Gasteiger partial charge in [0.05, 0.1) is 0 Å². The van der Waals surface area contributed by atoms with Crippen molar-refractivity contribution in [2.45, 2.75) is 54.2 Å². The maximum atomic E-state index is 10.9. The molecule has 0 saturated heterocycles. The standard InChI is InChI=1S/C7H13NO3.C5H11NO.C2H2O2.CH4/c1-3-5(2)7(11)8-6(10)4-9;1-3-4(2)5(6)7;3-1-2-4;/h4-6,10H,3H2,1-2H3,(H,8,11);4H,3H2,1-2H3,(H2,6,7);1-2H;1H4. The summed E-state index contributed by atoms with van der Waals surface area (Å²) in [5, 5.41) is 10.8. The van der Waals surface area contributed by atoms with Crippen LogP contribution in [0.3, 0.4) is 0 Å². The Morgan fingerprint density at radius 3 is 1.61 bits per heavy atom. The first-order valence-corrected chi connectivity index (χ1v) is 6.83. The van der Waals surface area contributed by atoms with Gasteiger partial charge in [0, 0.05) is 11.8 Å². The minimum absolute atomic E-state index is 0. The highest BCUT2D eigenvalue weighted by molar-refractivity contribution is 6.09. The van der Waals surface area contributed by atoms with Crippen molar-refractivity contribution < 1.29 is 29.1 Å². The van der Waals surface area contributed by atoms with Crippen LogP contribution in [0.5, 0.6) is 0 Å². The van der Waals surface area contributed by atoms with Crippen molar-refractivity contribution in [2.24, 2.45) is 17.6 Å². The molecule has 0 fully saturated rings. The number of aliphatic hydroxyl groups excluding tert-OH is 1. The molecule has 0 aromatic heterocycles. The third-order valence-corrected chi connectivity index (χ3v) is 2.63. The summed E-state index contributed by atoms with van der Waals surface area (Å²) in [4.78, 5) is 48.6. The number of nitrogens with one attached hydrogen (secondary N) is 1. The van der Waals surface area contributed by atoms with E-state index in [0.29, 0.717) is 6.42 Å². The van der Waals surface area contributed by atoms with E-state index < -0.39 is 6.23 Å². The van der Waals surface area contributed by atoms with Gasteiger partial charge in [0.1, 0.15) is 0 Å². The lowest BCUT2D eigenvalue weighted by Crippen LogP contribution is -2.38. The Bertz CT molecular complexity index is 341. The molecule has 0 aliphatic carbocycles. The van der Waals surface area contributed by atoms with Crippen molar-refractivity contribution in [2.75, 3.05) is 0 Å². The van der Waals surface area contributed by atoms with Crippen LogP contribution in [0.15, 0.2) is 0 Å². The molecule has 3 unspecified atom stereocenters. The highest BCUT2D eigenvalue weighted by atomic mass is 16.3. The lowest BCUT2D eigenvalue weighted by atomic mass is 10.1. The first-order chi connectivity index (χ1) is 10.2. The van der Waals surface area contributed by atoms with Crippen LogP contribution in [0.2, 0.25) is 0 Å². The molecule has 4 N–H and O–H groups in total. The van der Waals surface area contributed by atoms with Crippen molar-refractivity contribution >= 4 is 30.7 Å². The van der Waals surface area contributed by atoms with Crippen molar-refractivity contribution in [3.8, 4) is 0 Å². The predicted molar refractivity (Wildman–Crippen MR) is 87.2 cm³/mol. The molecule has 0 aliphatic heterocycles. The van der Waals surface area contributed by atoms with Crippen molar-refractivity contribution in [1.29, 1.82) is 0 Å². The number of carbonyl (C=O) groups is 5. The molecule has 0 aromatic rings. The van der Waals surface area contributed by atoms with Crippen LogP contribution in [0, 0.1) is 11.8 Å². The van der Waals surface area contributed by atoms with Crippen LogP contribution in [0.25, 0.3) is 0 Å². The number of rotatable bonds is 7. The fourth-order valence-electron chi connectivity index (χ4n) is 0.709. The average Bonchev–Trinajstić information content (AvgIpc) is 2.53. The van der Waals surface area contributed by atoms with E-state index in [1.54, 1.807) is 6.92 Å². The molecule has 2 amide bonds. The normalized spacial score (nSPS) is 12.2. The summed E-state index contributed by atoms with van der Waals surface area (Å²) >= 11 is 0. The molecule has 8 heteroatoms. The maximum absolute atomic E-state index is 10.9. The van der Waals surface area contributed by atoms with E-state index in [1.807, 2.05) is 20.8 Å². The molecule has 23 heavy (non-hydrogen) atoms. The Balaban J connectivity index is -0.000000130. The quantitative estimate of drug-likeness (QED) is 0.345. The molecular formula is C15H30N2O6. The summed E-state index contributed by atoms with van der Waals surface area (Å²) in [5.41, 5.74) is 4.91. The number of nitrogens with two attached hydrogens (primary N) is 1. The van der Waals surface area contributed by atoms with Crippen molar-refractivity contribution in [1.82, 2.24) is 5.32 Å². The number of primary amides is 1. The second-order valence-electron chi connectivity index (χ2n) is 4.38. The Morgan fingerprint density at radius 1 is 1.04 bits per heavy atom. The van der Waals surface area contributed by atoms with Crippen molar-refractivity contribution in [3.63, 3.8) is 0 Å². The van der Waals surface area contributed by atoms with E-state index in [0.717, 1.165) is 6.42 Å². The fraction of sp³-hybridized carbons (Fsp3) is 0.667. The van der Waals surface area contributed by atoms with Gasteiger partial charge in [-0.3, -0.25) is 24.0 Å². The van der Waals surface area contributed by atoms with Gasteiger partial charge in [0.15, 0.2) is 25.1 Å². The van der Waals surface area contributed by atoms with Crippen LogP contribution >= 0.6 is 0 Å². The molecule has 0 aromatic carbocycles. The Labute approximate surface area is 137 Å². The van der Waals surface area contributed by atoms with Gasteiger partial charge in [-0.1, -0.05) is 35.1 Å². The smallest absolute Gasteiger partial charge is 0.225 e. The van der Waals surface area contributed by atoms with Gasteiger partial charge in [-0.05, 0) is 12.8 Å². The molecule has 0 spiro atoms. The first kappa shape index (κ1) is 29.0. The highest BCUT2D eigenvalue weighted by Gasteiger charge is 2.12. The summed E-state index contributed by atoms with van der Waals surface area (Å²) < 4.78 is 0. The minimum atomic E-state index is -1.36. The Hall–Kier alpha value is -2.09. The van der Waals surface area contributed by atoms with Crippen LogP contribution in [0.1, 0.15) is 48.0 Å². The molecule has 136 valence electrons. The molecule has 0 heterocycles. The Kier molecular flexibility index (Phi) is 25.1. The predicted octanol–water partition coefficient (Wildman–Crippen LogP) is 0.204. The molecule has 0 bridgehead atoms. The fourth-order valence-corrected chi connectivity index (χ4v) is 0.709. The van der Waals surface area contributed by atoms with Gasteiger partial charge in [-0.2, -0.15) is 0 Å². The topological polar surface area (TPSA) is 144 Å². The van der Waals surface area contributed by atoms with E-state index in [1.165, 1.54) is 0 Å². The number of hydrogen-bond donors (Lipinski definition) is 3. The van der Waals surface area contributed by atoms with Crippen molar-refractivity contribution in [3.05, 3.63) is 0 Å². The zero-order valence-corrected chi connectivity index (χ0v) is 13.4. The number of amides is 2. The molecular weight excluding hydrogens is 304 g/mol. The third kappa shape index (κ3) is 22.3. The number of aldehydes is 3. The molecule has 8 nitrogen and oxygen atoms in total. The zero-order chi connectivity index (χ0) is 18.1. The highest BCUT2D eigenvalue weighted by Crippen LogP contribution is 1.99. The van der Waals surface area contributed by atoms with Crippen LogP contribution < -0.4 is 11.1 Å². The van der Waals surface area contributed by atoms with Crippen LogP contribution in [-0.2, 0) is 24.0 Å². The molecule has 0 aliphatic rings. The monoisotopic (exact) mass is 334 g/mol. The second-order valence-corrected chi connectivity index (χ2v) is 4.38. The number of hydrogen-bond acceptors (Lipinski definition) is 6. The van der Waals surface area contributed by atoms with Gasteiger partial charge in [-0.15, -0.1) is 0 Å². The summed E-state index contributed by atoms with van der Waals surface area (Å²) in [5.74, 6) is -0.626. The van der Waals surface area contributed by atoms with E-state index in [9.17, 15) is 14.4 Å². The van der Waals surface area contributed by atoms with E-state index in [4.69, 9.17) is 20.4 Å². The number of carbonyl (C=O) groups excluding carboxylic acids is 5. The van der Waals surface area contributed by atoms with Gasteiger partial charge < -0.3 is 16.2 Å². The lowest BCUT2D eigenvalue weighted by molar-refractivity contribution is -0.131. The van der Waals surface area contributed by atoms with Crippen LogP contribution in [-0.4, -0.2) is 42.0 Å². The van der Waals surface area contributed by atoms with Gasteiger partial charge in [0.2, 0.25) is 11.8 Å². The maximum Gasteiger partial charge on any atom is 0.225 e. The average molecular weight is 334 g/mol. The van der Waals surface area contributed by atoms with Gasteiger partial charge in [0.25, 0.3) is 0 Å². The molecule has 0 radical (unpaired) electrons. The number of aliphatic hydroxyl groups is 1. The van der Waals surface area contributed by atoms with E-state index in [2.05, 4.69) is 5.32 Å². The zero-order valence-electron chi connectivity index (χ0n) is 13.4. The summed E-state index contributed by atoms with van der Waals surface area (Å²) in [7, 11) is 0. The summed E-state index contributed by atoms with van der Waals surface area (Å²) in [6.07, 6.45) is 0.837. The van der Waals surface area contributed by atoms with Gasteiger partial charge >= 0.3 is 0 Å². The third-order valence-electron chi connectivity index (χ3n) is 2.63. The second kappa shape index (κ2) is 19.9.